The van der Waals surface area contributed by atoms with Gasteiger partial charge < -0.3 is 9.63 Å². The fourth-order valence-electron chi connectivity index (χ4n) is 2.07. The second-order valence-corrected chi connectivity index (χ2v) is 5.46. The Labute approximate surface area is 117 Å². The molecule has 0 fully saturated rings. The Morgan fingerprint density at radius 1 is 1.35 bits per heavy atom. The molecule has 1 heterocycles. The molecule has 108 valence electrons. The maximum Gasteiger partial charge on any atom is 0.229 e. The highest BCUT2D eigenvalue weighted by atomic mass is 19.1. The van der Waals surface area contributed by atoms with Crippen LogP contribution in [0.4, 0.5) is 4.39 Å². The zero-order valence-electron chi connectivity index (χ0n) is 11.9. The molecular weight excluding hydrogens is 259 g/mol. The Morgan fingerprint density at radius 2 is 2.10 bits per heavy atom. The van der Waals surface area contributed by atoms with Crippen LogP contribution in [0.3, 0.4) is 0 Å². The average Bonchev–Trinajstić information content (AvgIpc) is 2.80. The molecule has 0 aliphatic heterocycles. The first-order valence-corrected chi connectivity index (χ1v) is 6.73. The molecule has 0 spiro atoms. The lowest BCUT2D eigenvalue weighted by atomic mass is 10.0. The third-order valence-corrected chi connectivity index (χ3v) is 3.04. The molecule has 2 rings (SSSR count). The SMILES string of the molecule is Cc1cc(-c2noc(CC(O)CC(C)C)n2)ccc1F. The number of hydrogen-bond donors (Lipinski definition) is 1. The van der Waals surface area contributed by atoms with E-state index in [0.29, 0.717) is 41.6 Å². The zero-order valence-corrected chi connectivity index (χ0v) is 11.9. The highest BCUT2D eigenvalue weighted by Gasteiger charge is 2.14. The molecule has 2 aromatic rings. The van der Waals surface area contributed by atoms with Crippen LogP contribution in [0.2, 0.25) is 0 Å². The molecule has 0 aliphatic carbocycles. The van der Waals surface area contributed by atoms with Gasteiger partial charge in [-0.2, -0.15) is 4.98 Å². The third kappa shape index (κ3) is 3.63. The second kappa shape index (κ2) is 6.13. The van der Waals surface area contributed by atoms with Gasteiger partial charge in [0.15, 0.2) is 0 Å². The van der Waals surface area contributed by atoms with Crippen molar-refractivity contribution >= 4 is 0 Å². The molecule has 1 atom stereocenters. The van der Waals surface area contributed by atoms with Gasteiger partial charge in [-0.3, -0.25) is 0 Å². The number of aromatic nitrogens is 2. The first-order chi connectivity index (χ1) is 9.45. The quantitative estimate of drug-likeness (QED) is 0.912. The van der Waals surface area contributed by atoms with Crippen molar-refractivity contribution in [1.29, 1.82) is 0 Å². The van der Waals surface area contributed by atoms with Crippen LogP contribution in [0.1, 0.15) is 31.7 Å². The van der Waals surface area contributed by atoms with E-state index in [-0.39, 0.29) is 5.82 Å². The van der Waals surface area contributed by atoms with Crippen LogP contribution in [0.25, 0.3) is 11.4 Å². The van der Waals surface area contributed by atoms with Crippen LogP contribution in [-0.4, -0.2) is 21.4 Å². The van der Waals surface area contributed by atoms with E-state index in [1.807, 2.05) is 13.8 Å². The van der Waals surface area contributed by atoms with Crippen LogP contribution in [0.15, 0.2) is 22.7 Å². The van der Waals surface area contributed by atoms with Crippen molar-refractivity contribution in [3.63, 3.8) is 0 Å². The van der Waals surface area contributed by atoms with Gasteiger partial charge in [0.05, 0.1) is 12.5 Å². The minimum Gasteiger partial charge on any atom is -0.393 e. The first-order valence-electron chi connectivity index (χ1n) is 6.73. The fourth-order valence-corrected chi connectivity index (χ4v) is 2.07. The molecule has 20 heavy (non-hydrogen) atoms. The van der Waals surface area contributed by atoms with Crippen molar-refractivity contribution in [2.75, 3.05) is 0 Å². The van der Waals surface area contributed by atoms with Gasteiger partial charge in [-0.1, -0.05) is 19.0 Å². The predicted molar refractivity (Wildman–Crippen MR) is 73.6 cm³/mol. The molecule has 1 unspecified atom stereocenters. The first kappa shape index (κ1) is 14.7. The van der Waals surface area contributed by atoms with E-state index in [2.05, 4.69) is 10.1 Å². The van der Waals surface area contributed by atoms with Crippen molar-refractivity contribution in [2.24, 2.45) is 5.92 Å². The molecule has 0 aliphatic rings. The van der Waals surface area contributed by atoms with Gasteiger partial charge in [-0.15, -0.1) is 0 Å². The van der Waals surface area contributed by atoms with Gasteiger partial charge in [0, 0.05) is 5.56 Å². The van der Waals surface area contributed by atoms with Gasteiger partial charge >= 0.3 is 0 Å². The maximum atomic E-state index is 13.2. The van der Waals surface area contributed by atoms with Gasteiger partial charge in [0.1, 0.15) is 5.82 Å². The molecule has 0 saturated heterocycles. The Kier molecular flexibility index (Phi) is 4.49. The second-order valence-electron chi connectivity index (χ2n) is 5.46. The lowest BCUT2D eigenvalue weighted by Gasteiger charge is -2.09. The molecule has 1 N–H and O–H groups in total. The minimum atomic E-state index is -0.488. The molecule has 0 bridgehead atoms. The normalized spacial score (nSPS) is 12.9. The van der Waals surface area contributed by atoms with Gasteiger partial charge in [-0.25, -0.2) is 4.39 Å². The van der Waals surface area contributed by atoms with Gasteiger partial charge in [0.25, 0.3) is 0 Å². The van der Waals surface area contributed by atoms with Crippen LogP contribution in [-0.2, 0) is 6.42 Å². The number of aliphatic hydroxyl groups is 1. The Bertz CT molecular complexity index is 581. The molecule has 0 saturated carbocycles. The van der Waals surface area contributed by atoms with Crippen LogP contribution >= 0.6 is 0 Å². The standard InChI is InChI=1S/C15H19FN2O2/c1-9(2)6-12(19)8-14-17-15(18-20-14)11-4-5-13(16)10(3)7-11/h4-5,7,9,12,19H,6,8H2,1-3H3. The number of aliphatic hydroxyl groups excluding tert-OH is 1. The lowest BCUT2D eigenvalue weighted by molar-refractivity contribution is 0.138. The number of benzene rings is 1. The summed E-state index contributed by atoms with van der Waals surface area (Å²) in [4.78, 5) is 4.24. The summed E-state index contributed by atoms with van der Waals surface area (Å²) in [6.07, 6.45) is 0.539. The van der Waals surface area contributed by atoms with Gasteiger partial charge in [-0.05, 0) is 43.0 Å². The summed E-state index contributed by atoms with van der Waals surface area (Å²) >= 11 is 0. The molecule has 1 aromatic carbocycles. The monoisotopic (exact) mass is 278 g/mol. The average molecular weight is 278 g/mol. The number of halogens is 1. The Hall–Kier alpha value is -1.75. The Morgan fingerprint density at radius 3 is 2.75 bits per heavy atom. The largest absolute Gasteiger partial charge is 0.393 e. The summed E-state index contributed by atoms with van der Waals surface area (Å²) in [5, 5.41) is 13.7. The summed E-state index contributed by atoms with van der Waals surface area (Å²) in [5.41, 5.74) is 1.24. The van der Waals surface area contributed by atoms with E-state index in [0.717, 1.165) is 0 Å². The number of aryl methyl sites for hydroxylation is 1. The number of rotatable bonds is 5. The summed E-state index contributed by atoms with van der Waals surface area (Å²) in [7, 11) is 0. The van der Waals surface area contributed by atoms with Gasteiger partial charge in [0.2, 0.25) is 11.7 Å². The van der Waals surface area contributed by atoms with E-state index in [9.17, 15) is 9.50 Å². The maximum absolute atomic E-state index is 13.2. The molecular formula is C15H19FN2O2. The van der Waals surface area contributed by atoms with Crippen LogP contribution in [0, 0.1) is 18.7 Å². The predicted octanol–water partition coefficient (Wildman–Crippen LogP) is 3.13. The smallest absolute Gasteiger partial charge is 0.229 e. The van der Waals surface area contributed by atoms with E-state index in [4.69, 9.17) is 4.52 Å². The van der Waals surface area contributed by atoms with Crippen LogP contribution < -0.4 is 0 Å². The summed E-state index contributed by atoms with van der Waals surface area (Å²) < 4.78 is 18.3. The van der Waals surface area contributed by atoms with Crippen molar-refractivity contribution in [1.82, 2.24) is 10.1 Å². The van der Waals surface area contributed by atoms with E-state index < -0.39 is 6.10 Å². The van der Waals surface area contributed by atoms with Crippen LogP contribution in [0.5, 0.6) is 0 Å². The van der Waals surface area contributed by atoms with E-state index in [1.165, 1.54) is 6.07 Å². The number of nitrogens with zero attached hydrogens (tertiary/aromatic N) is 2. The summed E-state index contributed by atoms with van der Waals surface area (Å²) in [6, 6.07) is 4.67. The lowest BCUT2D eigenvalue weighted by Crippen LogP contribution is -2.13. The van der Waals surface area contributed by atoms with Crippen molar-refractivity contribution in [3.8, 4) is 11.4 Å². The van der Waals surface area contributed by atoms with Crippen molar-refractivity contribution in [3.05, 3.63) is 35.5 Å². The fraction of sp³-hybridized carbons (Fsp3) is 0.467. The Balaban J connectivity index is 2.10. The van der Waals surface area contributed by atoms with E-state index >= 15 is 0 Å². The zero-order chi connectivity index (χ0) is 14.7. The molecule has 0 radical (unpaired) electrons. The molecule has 1 aromatic heterocycles. The third-order valence-electron chi connectivity index (χ3n) is 3.04. The molecule has 0 amide bonds. The van der Waals surface area contributed by atoms with E-state index in [1.54, 1.807) is 19.1 Å². The minimum absolute atomic E-state index is 0.259. The van der Waals surface area contributed by atoms with Crippen molar-refractivity contribution in [2.45, 2.75) is 39.7 Å². The topological polar surface area (TPSA) is 59.2 Å². The van der Waals surface area contributed by atoms with Crippen molar-refractivity contribution < 1.29 is 14.0 Å². The molecule has 4 nitrogen and oxygen atoms in total. The molecule has 5 heteroatoms. The summed E-state index contributed by atoms with van der Waals surface area (Å²) in [5.74, 6) is 0.965. The number of hydrogen-bond acceptors (Lipinski definition) is 4. The highest BCUT2D eigenvalue weighted by Crippen LogP contribution is 2.20. The summed E-state index contributed by atoms with van der Waals surface area (Å²) in [6.45, 7) is 5.78. The highest BCUT2D eigenvalue weighted by molar-refractivity contribution is 5.55.